The maximum absolute atomic E-state index is 13.4. The van der Waals surface area contributed by atoms with Crippen molar-refractivity contribution in [1.82, 2.24) is 10.6 Å². The van der Waals surface area contributed by atoms with Crippen molar-refractivity contribution < 1.29 is 28.7 Å². The molecule has 8 nitrogen and oxygen atoms in total. The highest BCUT2D eigenvalue weighted by Crippen LogP contribution is 2.32. The van der Waals surface area contributed by atoms with Gasteiger partial charge in [-0.3, -0.25) is 14.4 Å². The average molecular weight is 489 g/mol. The van der Waals surface area contributed by atoms with Gasteiger partial charge in [0.25, 0.3) is 5.91 Å². The molecule has 1 aliphatic heterocycles. The first-order valence-electron chi connectivity index (χ1n) is 12.2. The van der Waals surface area contributed by atoms with Crippen LogP contribution in [0.1, 0.15) is 67.4 Å². The fraction of sp³-hybridized carbons (Fsp3) is 0.630. The Hall–Kier alpha value is -2.90. The Morgan fingerprint density at radius 2 is 1.54 bits per heavy atom. The van der Waals surface area contributed by atoms with Crippen molar-refractivity contribution in [1.29, 1.82) is 0 Å². The summed E-state index contributed by atoms with van der Waals surface area (Å²) < 4.78 is 10.6. The van der Waals surface area contributed by atoms with Gasteiger partial charge in [-0.2, -0.15) is 0 Å². The monoisotopic (exact) mass is 488 g/mol. The lowest BCUT2D eigenvalue weighted by Gasteiger charge is -2.40. The third-order valence-corrected chi connectivity index (χ3v) is 6.38. The molecule has 1 aromatic rings. The van der Waals surface area contributed by atoms with E-state index in [1.54, 1.807) is 0 Å². The van der Waals surface area contributed by atoms with Gasteiger partial charge in [-0.05, 0) is 22.3 Å². The molecule has 35 heavy (non-hydrogen) atoms. The molecule has 0 aliphatic carbocycles. The van der Waals surface area contributed by atoms with Gasteiger partial charge in [-0.25, -0.2) is 4.79 Å². The van der Waals surface area contributed by atoms with Crippen LogP contribution in [0, 0.1) is 22.7 Å². The highest BCUT2D eigenvalue weighted by atomic mass is 16.6. The average Bonchev–Trinajstić information content (AvgIpc) is 2.76. The first-order chi connectivity index (χ1) is 16.2. The van der Waals surface area contributed by atoms with Gasteiger partial charge in [-0.15, -0.1) is 0 Å². The van der Waals surface area contributed by atoms with Crippen molar-refractivity contribution in [3.63, 3.8) is 0 Å². The van der Waals surface area contributed by atoms with E-state index in [1.165, 1.54) is 0 Å². The molecular weight excluding hydrogens is 448 g/mol. The van der Waals surface area contributed by atoms with Gasteiger partial charge in [-0.1, -0.05) is 92.1 Å². The quantitative estimate of drug-likeness (QED) is 0.516. The molecular formula is C27H40N2O6. The number of cyclic esters (lactones) is 1. The van der Waals surface area contributed by atoms with E-state index in [0.717, 1.165) is 12.0 Å². The third-order valence-electron chi connectivity index (χ3n) is 6.38. The smallest absolute Gasteiger partial charge is 0.329 e. The largest absolute Gasteiger partial charge is 0.459 e. The number of nitrogens with one attached hydrogen (secondary N) is 2. The molecule has 0 bridgehead atoms. The Bertz CT molecular complexity index is 916. The molecule has 1 aromatic carbocycles. The van der Waals surface area contributed by atoms with E-state index in [1.807, 2.05) is 85.7 Å². The van der Waals surface area contributed by atoms with E-state index in [4.69, 9.17) is 9.47 Å². The molecule has 1 saturated heterocycles. The molecule has 0 aromatic heterocycles. The lowest BCUT2D eigenvalue weighted by Crippen LogP contribution is -2.63. The predicted molar refractivity (Wildman–Crippen MR) is 132 cm³/mol. The van der Waals surface area contributed by atoms with E-state index in [-0.39, 0.29) is 12.5 Å². The molecule has 2 N–H and O–H groups in total. The highest BCUT2D eigenvalue weighted by molar-refractivity contribution is 5.97. The second-order valence-corrected chi connectivity index (χ2v) is 11.5. The zero-order chi connectivity index (χ0) is 26.6. The van der Waals surface area contributed by atoms with E-state index in [2.05, 4.69) is 10.6 Å². The molecule has 0 spiro atoms. The number of carbonyl (C=O) groups is 4. The van der Waals surface area contributed by atoms with Crippen molar-refractivity contribution in [2.24, 2.45) is 22.7 Å². The Morgan fingerprint density at radius 1 is 0.971 bits per heavy atom. The summed E-state index contributed by atoms with van der Waals surface area (Å²) in [7, 11) is 0. The van der Waals surface area contributed by atoms with E-state index in [0.29, 0.717) is 0 Å². The van der Waals surface area contributed by atoms with Crippen LogP contribution >= 0.6 is 0 Å². The highest BCUT2D eigenvalue weighted by Gasteiger charge is 2.51. The van der Waals surface area contributed by atoms with Crippen LogP contribution in [0.2, 0.25) is 0 Å². The molecule has 2 amide bonds. The summed E-state index contributed by atoms with van der Waals surface area (Å²) in [6.07, 6.45) is -0.199. The first-order valence-corrected chi connectivity index (χ1v) is 12.2. The van der Waals surface area contributed by atoms with E-state index < -0.39 is 58.7 Å². The minimum Gasteiger partial charge on any atom is -0.459 e. The second-order valence-electron chi connectivity index (χ2n) is 11.5. The fourth-order valence-corrected chi connectivity index (χ4v) is 3.90. The SMILES string of the molecule is CCC(C)C1C(=O)OC1C(=O)NC(C(=O)NC(C(=O)OCc1ccccc1)C(C)(C)C)C(C)(C)C. The van der Waals surface area contributed by atoms with E-state index in [9.17, 15) is 19.2 Å². The fourth-order valence-electron chi connectivity index (χ4n) is 3.90. The van der Waals surface area contributed by atoms with Crippen LogP contribution in [0.3, 0.4) is 0 Å². The van der Waals surface area contributed by atoms with Crippen molar-refractivity contribution in [3.05, 3.63) is 35.9 Å². The number of rotatable bonds is 9. The van der Waals surface area contributed by atoms with Crippen LogP contribution in [0.25, 0.3) is 0 Å². The molecule has 5 unspecified atom stereocenters. The molecule has 194 valence electrons. The molecule has 5 atom stereocenters. The molecule has 1 fully saturated rings. The van der Waals surface area contributed by atoms with Crippen molar-refractivity contribution in [2.45, 2.75) is 86.6 Å². The van der Waals surface area contributed by atoms with Gasteiger partial charge >= 0.3 is 11.9 Å². The van der Waals surface area contributed by atoms with Gasteiger partial charge in [0, 0.05) is 0 Å². The Morgan fingerprint density at radius 3 is 2.03 bits per heavy atom. The van der Waals surface area contributed by atoms with Crippen molar-refractivity contribution in [3.8, 4) is 0 Å². The summed E-state index contributed by atoms with van der Waals surface area (Å²) in [5.74, 6) is -2.52. The van der Waals surface area contributed by atoms with Crippen LogP contribution in [-0.2, 0) is 35.3 Å². The van der Waals surface area contributed by atoms with Gasteiger partial charge in [0.2, 0.25) is 5.91 Å². The summed E-state index contributed by atoms with van der Waals surface area (Å²) in [4.78, 5) is 51.3. The minimum atomic E-state index is -0.960. The number of hydrogen-bond acceptors (Lipinski definition) is 6. The molecule has 1 heterocycles. The maximum Gasteiger partial charge on any atom is 0.329 e. The zero-order valence-electron chi connectivity index (χ0n) is 22.1. The minimum absolute atomic E-state index is 0.0152. The van der Waals surface area contributed by atoms with Crippen LogP contribution in [0.15, 0.2) is 30.3 Å². The standard InChI is InChI=1S/C27H40N2O6/c1-9-16(2)18-19(35-24(18)32)22(30)28-20(26(3,4)5)23(31)29-21(27(6,7)8)25(33)34-15-17-13-11-10-12-14-17/h10-14,16,18-21H,9,15H2,1-8H3,(H,28,30)(H,29,31). The first kappa shape index (κ1) is 28.3. The molecule has 8 heteroatoms. The molecule has 2 rings (SSSR count). The molecule has 1 aliphatic rings. The normalized spacial score (nSPS) is 20.5. The van der Waals surface area contributed by atoms with E-state index >= 15 is 0 Å². The van der Waals surface area contributed by atoms with Crippen molar-refractivity contribution in [2.75, 3.05) is 0 Å². The summed E-state index contributed by atoms with van der Waals surface area (Å²) in [6.45, 7) is 14.9. The topological polar surface area (TPSA) is 111 Å². The molecule has 0 saturated carbocycles. The third kappa shape index (κ3) is 7.29. The second kappa shape index (κ2) is 11.2. The zero-order valence-corrected chi connectivity index (χ0v) is 22.1. The number of hydrogen-bond donors (Lipinski definition) is 2. The van der Waals surface area contributed by atoms with Gasteiger partial charge < -0.3 is 20.1 Å². The molecule has 0 radical (unpaired) electrons. The summed E-state index contributed by atoms with van der Waals surface area (Å²) in [6, 6.07) is 7.39. The predicted octanol–water partition coefficient (Wildman–Crippen LogP) is 3.38. The van der Waals surface area contributed by atoms with Gasteiger partial charge in [0.05, 0.1) is 0 Å². The van der Waals surface area contributed by atoms with Crippen LogP contribution in [0.5, 0.6) is 0 Å². The van der Waals surface area contributed by atoms with Crippen molar-refractivity contribution >= 4 is 23.8 Å². The Kier molecular flexibility index (Phi) is 9.09. The van der Waals surface area contributed by atoms with Gasteiger partial charge in [0.1, 0.15) is 24.6 Å². The lowest BCUT2D eigenvalue weighted by molar-refractivity contribution is -0.193. The number of amides is 2. The number of benzene rings is 1. The lowest BCUT2D eigenvalue weighted by atomic mass is 9.81. The number of carbonyl (C=O) groups excluding carboxylic acids is 4. The summed E-state index contributed by atoms with van der Waals surface area (Å²) >= 11 is 0. The Balaban J connectivity index is 2.14. The van der Waals surface area contributed by atoms with Crippen LogP contribution in [-0.4, -0.2) is 41.9 Å². The number of ether oxygens (including phenoxy) is 2. The summed E-state index contributed by atoms with van der Waals surface area (Å²) in [5.41, 5.74) is -0.470. The maximum atomic E-state index is 13.4. The Labute approximate surface area is 208 Å². The summed E-state index contributed by atoms with van der Waals surface area (Å²) in [5, 5.41) is 5.56. The van der Waals surface area contributed by atoms with Gasteiger partial charge in [0.15, 0.2) is 6.10 Å². The van der Waals surface area contributed by atoms with Crippen LogP contribution in [0.4, 0.5) is 0 Å². The number of esters is 2. The van der Waals surface area contributed by atoms with Crippen LogP contribution < -0.4 is 10.6 Å².